The number of ether oxygens (including phenoxy) is 2. The Bertz CT molecular complexity index is 806. The molecule has 162 valence electrons. The first kappa shape index (κ1) is 21.2. The summed E-state index contributed by atoms with van der Waals surface area (Å²) in [5.41, 5.74) is 0.178. The Morgan fingerprint density at radius 3 is 2.43 bits per heavy atom. The molecule has 0 aromatic heterocycles. The van der Waals surface area contributed by atoms with E-state index in [2.05, 4.69) is 29.2 Å². The van der Waals surface area contributed by atoms with Crippen molar-refractivity contribution in [3.8, 4) is 5.75 Å². The van der Waals surface area contributed by atoms with Crippen LogP contribution >= 0.6 is 0 Å². The summed E-state index contributed by atoms with van der Waals surface area (Å²) in [6, 6.07) is 14.1. The third-order valence-corrected chi connectivity index (χ3v) is 6.22. The van der Waals surface area contributed by atoms with Gasteiger partial charge >= 0.3 is 0 Å². The van der Waals surface area contributed by atoms with E-state index in [0.717, 1.165) is 50.4 Å². The fraction of sp³-hybridized carbons (Fsp3) is 0.500. The third-order valence-electron chi connectivity index (χ3n) is 6.22. The molecule has 1 aliphatic heterocycles. The maximum absolute atomic E-state index is 13.4. The molecule has 2 aromatic carbocycles. The fourth-order valence-corrected chi connectivity index (χ4v) is 4.67. The predicted octanol–water partition coefficient (Wildman–Crippen LogP) is 4.13. The van der Waals surface area contributed by atoms with E-state index in [1.807, 2.05) is 6.07 Å². The molecule has 0 unspecified atom stereocenters. The minimum Gasteiger partial charge on any atom is -0.490 e. The SMILES string of the molecule is O[C@@]1(COc2cc(F)cc(F)c2)COCCN(C2CCC(c3ccccc3)CC2)C1. The predicted molar refractivity (Wildman–Crippen MR) is 111 cm³/mol. The topological polar surface area (TPSA) is 41.9 Å². The molecule has 0 radical (unpaired) electrons. The highest BCUT2D eigenvalue weighted by atomic mass is 19.1. The van der Waals surface area contributed by atoms with Crippen molar-refractivity contribution >= 4 is 0 Å². The molecule has 1 saturated carbocycles. The van der Waals surface area contributed by atoms with Gasteiger partial charge in [0.05, 0.1) is 13.2 Å². The van der Waals surface area contributed by atoms with Gasteiger partial charge in [0.1, 0.15) is 29.6 Å². The zero-order chi connectivity index (χ0) is 21.0. The summed E-state index contributed by atoms with van der Waals surface area (Å²) < 4.78 is 38.0. The van der Waals surface area contributed by atoms with Gasteiger partial charge in [0, 0.05) is 37.3 Å². The van der Waals surface area contributed by atoms with Crippen LogP contribution in [0.2, 0.25) is 0 Å². The maximum atomic E-state index is 13.4. The first-order valence-corrected chi connectivity index (χ1v) is 10.7. The molecule has 0 bridgehead atoms. The Labute approximate surface area is 176 Å². The first-order chi connectivity index (χ1) is 14.5. The average Bonchev–Trinajstić information content (AvgIpc) is 2.95. The van der Waals surface area contributed by atoms with Crippen LogP contribution in [-0.2, 0) is 4.74 Å². The summed E-state index contributed by atoms with van der Waals surface area (Å²) >= 11 is 0. The number of β-amino-alcohol motifs (C(OH)–C–C–N with tert-alkyl or cyclic N) is 1. The van der Waals surface area contributed by atoms with Crippen molar-refractivity contribution in [1.29, 1.82) is 0 Å². The molecular formula is C24H29F2NO3. The van der Waals surface area contributed by atoms with Crippen LogP contribution in [0.4, 0.5) is 8.78 Å². The molecule has 1 saturated heterocycles. The van der Waals surface area contributed by atoms with Crippen molar-refractivity contribution < 1.29 is 23.4 Å². The number of halogens is 2. The van der Waals surface area contributed by atoms with Crippen molar-refractivity contribution in [2.24, 2.45) is 0 Å². The lowest BCUT2D eigenvalue weighted by molar-refractivity contribution is -0.0684. The summed E-state index contributed by atoms with van der Waals surface area (Å²) in [5, 5.41) is 11.1. The minimum atomic E-state index is -1.23. The van der Waals surface area contributed by atoms with Gasteiger partial charge in [-0.1, -0.05) is 30.3 Å². The number of nitrogens with zero attached hydrogens (tertiary/aromatic N) is 1. The van der Waals surface area contributed by atoms with E-state index < -0.39 is 17.2 Å². The molecule has 1 N–H and O–H groups in total. The molecule has 2 fully saturated rings. The summed E-state index contributed by atoms with van der Waals surface area (Å²) in [7, 11) is 0. The largest absolute Gasteiger partial charge is 0.490 e. The molecule has 1 atom stereocenters. The molecule has 1 heterocycles. The Balaban J connectivity index is 1.35. The standard InChI is InChI=1S/C24H29F2NO3/c25-20-12-21(26)14-23(13-20)30-17-24(28)15-27(10-11-29-16-24)22-8-6-19(7-9-22)18-4-2-1-3-5-18/h1-5,12-14,19,22,28H,6-11,15-17H2/t19?,22?,24-/m1/s1. The third kappa shape index (κ3) is 5.36. The number of hydrogen-bond acceptors (Lipinski definition) is 4. The van der Waals surface area contributed by atoms with E-state index in [1.165, 1.54) is 5.56 Å². The Morgan fingerprint density at radius 1 is 1.03 bits per heavy atom. The molecule has 0 amide bonds. The lowest BCUT2D eigenvalue weighted by Crippen LogP contribution is -2.52. The van der Waals surface area contributed by atoms with E-state index in [9.17, 15) is 13.9 Å². The Hall–Kier alpha value is -2.02. The highest BCUT2D eigenvalue weighted by molar-refractivity contribution is 5.24. The minimum absolute atomic E-state index is 0.0695. The van der Waals surface area contributed by atoms with Gasteiger partial charge in [0.15, 0.2) is 0 Å². The van der Waals surface area contributed by atoms with Crippen LogP contribution in [0.1, 0.15) is 37.2 Å². The van der Waals surface area contributed by atoms with E-state index >= 15 is 0 Å². The van der Waals surface area contributed by atoms with Gasteiger partial charge in [-0.25, -0.2) is 8.78 Å². The van der Waals surface area contributed by atoms with E-state index in [1.54, 1.807) is 0 Å². The van der Waals surface area contributed by atoms with Gasteiger partial charge in [0.25, 0.3) is 0 Å². The fourth-order valence-electron chi connectivity index (χ4n) is 4.67. The van der Waals surface area contributed by atoms with Crippen molar-refractivity contribution in [2.45, 2.75) is 43.2 Å². The summed E-state index contributed by atoms with van der Waals surface area (Å²) in [6.45, 7) is 1.80. The van der Waals surface area contributed by atoms with Crippen LogP contribution in [0.15, 0.2) is 48.5 Å². The normalized spacial score (nSPS) is 28.1. The quantitative estimate of drug-likeness (QED) is 0.794. The van der Waals surface area contributed by atoms with Gasteiger partial charge < -0.3 is 14.6 Å². The average molecular weight is 417 g/mol. The second-order valence-electron chi connectivity index (χ2n) is 8.56. The maximum Gasteiger partial charge on any atom is 0.134 e. The van der Waals surface area contributed by atoms with E-state index in [4.69, 9.17) is 9.47 Å². The summed E-state index contributed by atoms with van der Waals surface area (Å²) in [6.07, 6.45) is 4.41. The highest BCUT2D eigenvalue weighted by Gasteiger charge is 2.37. The zero-order valence-electron chi connectivity index (χ0n) is 17.1. The van der Waals surface area contributed by atoms with E-state index in [-0.39, 0.29) is 19.0 Å². The van der Waals surface area contributed by atoms with E-state index in [0.29, 0.717) is 25.1 Å². The lowest BCUT2D eigenvalue weighted by Gasteiger charge is -2.39. The van der Waals surface area contributed by atoms with Crippen molar-refractivity contribution in [1.82, 2.24) is 4.90 Å². The molecule has 1 aliphatic carbocycles. The van der Waals surface area contributed by atoms with Crippen molar-refractivity contribution in [3.05, 3.63) is 65.7 Å². The molecule has 0 spiro atoms. The molecule has 6 heteroatoms. The summed E-state index contributed by atoms with van der Waals surface area (Å²) in [4.78, 5) is 2.30. The lowest BCUT2D eigenvalue weighted by atomic mass is 9.81. The van der Waals surface area contributed by atoms with Crippen LogP contribution in [-0.4, -0.2) is 54.6 Å². The molecular weight excluding hydrogens is 388 g/mol. The molecule has 2 aliphatic rings. The smallest absolute Gasteiger partial charge is 0.134 e. The second kappa shape index (κ2) is 9.41. The highest BCUT2D eigenvalue weighted by Crippen LogP contribution is 2.35. The van der Waals surface area contributed by atoms with Crippen molar-refractivity contribution in [3.63, 3.8) is 0 Å². The number of aliphatic hydroxyl groups is 1. The monoisotopic (exact) mass is 417 g/mol. The Kier molecular flexibility index (Phi) is 6.66. The zero-order valence-corrected chi connectivity index (χ0v) is 17.1. The number of rotatable bonds is 5. The molecule has 2 aromatic rings. The van der Waals surface area contributed by atoms with Crippen LogP contribution in [0.25, 0.3) is 0 Å². The van der Waals surface area contributed by atoms with Gasteiger partial charge in [-0.15, -0.1) is 0 Å². The number of benzene rings is 2. The summed E-state index contributed by atoms with van der Waals surface area (Å²) in [5.74, 6) is -0.743. The second-order valence-corrected chi connectivity index (χ2v) is 8.56. The van der Waals surface area contributed by atoms with Crippen LogP contribution < -0.4 is 4.74 Å². The van der Waals surface area contributed by atoms with Gasteiger partial charge in [0.2, 0.25) is 0 Å². The first-order valence-electron chi connectivity index (χ1n) is 10.7. The van der Waals surface area contributed by atoms with Crippen molar-refractivity contribution in [2.75, 3.05) is 32.9 Å². The molecule has 30 heavy (non-hydrogen) atoms. The van der Waals surface area contributed by atoms with Crippen LogP contribution in [0.3, 0.4) is 0 Å². The van der Waals surface area contributed by atoms with Crippen LogP contribution in [0, 0.1) is 11.6 Å². The molecule has 4 rings (SSSR count). The van der Waals surface area contributed by atoms with Gasteiger partial charge in [-0.3, -0.25) is 4.90 Å². The molecule has 4 nitrogen and oxygen atoms in total. The number of hydrogen-bond donors (Lipinski definition) is 1. The van der Waals surface area contributed by atoms with Gasteiger partial charge in [-0.05, 0) is 37.2 Å². The van der Waals surface area contributed by atoms with Gasteiger partial charge in [-0.2, -0.15) is 0 Å². The van der Waals surface area contributed by atoms with Crippen LogP contribution in [0.5, 0.6) is 5.75 Å². The Morgan fingerprint density at radius 2 is 1.73 bits per heavy atom.